The quantitative estimate of drug-likeness (QED) is 0.529. The molecule has 1 aromatic rings. The first-order chi connectivity index (χ1) is 4.83. The molecular weight excluding hydrogens is 131 g/mol. The molecule has 0 aliphatic carbocycles. The first-order valence-electron chi connectivity index (χ1n) is 2.68. The van der Waals surface area contributed by atoms with E-state index in [2.05, 4.69) is 4.99 Å². The molecule has 0 saturated carbocycles. The number of benzene rings is 1. The van der Waals surface area contributed by atoms with Crippen molar-refractivity contribution in [2.75, 3.05) is 0 Å². The molecule has 50 valence electrons. The molecule has 0 saturated heterocycles. The Balaban J connectivity index is 3.06. The van der Waals surface area contributed by atoms with Gasteiger partial charge in [0.15, 0.2) is 0 Å². The Bertz CT molecular complexity index is 277. The second kappa shape index (κ2) is 2.90. The van der Waals surface area contributed by atoms with Crippen molar-refractivity contribution in [2.45, 2.75) is 0 Å². The van der Waals surface area contributed by atoms with E-state index < -0.39 is 0 Å². The van der Waals surface area contributed by atoms with Gasteiger partial charge in [0.05, 0.1) is 0 Å². The van der Waals surface area contributed by atoms with Crippen LogP contribution >= 0.6 is 0 Å². The fraction of sp³-hybridized carbons (Fsp3) is 0. The van der Waals surface area contributed by atoms with Crippen molar-refractivity contribution in [1.29, 1.82) is 0 Å². The summed E-state index contributed by atoms with van der Waals surface area (Å²) in [6, 6.07) is 7.14. The third-order valence-electron chi connectivity index (χ3n) is 0.987. The molecule has 0 spiro atoms. The fourth-order valence-electron chi connectivity index (χ4n) is 0.603. The second-order valence-electron chi connectivity index (χ2n) is 1.69. The predicted molar refractivity (Wildman–Crippen MR) is 36.9 cm³/mol. The number of hydrogen-bond acceptors (Lipinski definition) is 1. The van der Waals surface area contributed by atoms with Crippen LogP contribution in [0.5, 0.6) is 0 Å². The molecule has 0 heterocycles. The van der Waals surface area contributed by atoms with Gasteiger partial charge in [0.2, 0.25) is 0 Å². The maximum Gasteiger partial charge on any atom is 0.123 e. The molecule has 0 aromatic heterocycles. The SMILES string of the molecule is [N-]=C=Nc1cccc(F)c1. The molecule has 0 amide bonds. The summed E-state index contributed by atoms with van der Waals surface area (Å²) < 4.78 is 12.3. The van der Waals surface area contributed by atoms with E-state index in [-0.39, 0.29) is 5.82 Å². The summed E-state index contributed by atoms with van der Waals surface area (Å²) in [6.45, 7) is 0. The average Bonchev–Trinajstić information content (AvgIpc) is 1.88. The second-order valence-corrected chi connectivity index (χ2v) is 1.69. The van der Waals surface area contributed by atoms with Gasteiger partial charge in [0.1, 0.15) is 5.82 Å². The highest BCUT2D eigenvalue weighted by molar-refractivity contribution is 5.54. The molecule has 1 rings (SSSR count). The average molecular weight is 135 g/mol. The Morgan fingerprint density at radius 2 is 2.30 bits per heavy atom. The van der Waals surface area contributed by atoms with Gasteiger partial charge in [-0.05, 0) is 17.8 Å². The van der Waals surface area contributed by atoms with E-state index in [4.69, 9.17) is 5.41 Å². The highest BCUT2D eigenvalue weighted by Gasteiger charge is 1.84. The molecule has 0 aliphatic heterocycles. The normalized spacial score (nSPS) is 8.50. The van der Waals surface area contributed by atoms with Gasteiger partial charge < -0.3 is 10.4 Å². The predicted octanol–water partition coefficient (Wildman–Crippen LogP) is 2.20. The van der Waals surface area contributed by atoms with Gasteiger partial charge in [-0.3, -0.25) is 0 Å². The first kappa shape index (κ1) is 6.65. The Kier molecular flexibility index (Phi) is 1.92. The van der Waals surface area contributed by atoms with Crippen molar-refractivity contribution in [2.24, 2.45) is 4.99 Å². The van der Waals surface area contributed by atoms with Crippen molar-refractivity contribution in [1.82, 2.24) is 0 Å². The largest absolute Gasteiger partial charge is 0.422 e. The van der Waals surface area contributed by atoms with Crippen LogP contribution in [0.25, 0.3) is 5.41 Å². The van der Waals surface area contributed by atoms with Gasteiger partial charge in [-0.25, -0.2) is 4.39 Å². The van der Waals surface area contributed by atoms with Crippen molar-refractivity contribution in [3.8, 4) is 0 Å². The Morgan fingerprint density at radius 3 is 2.90 bits per heavy atom. The maximum absolute atomic E-state index is 12.3. The molecule has 0 unspecified atom stereocenters. The summed E-state index contributed by atoms with van der Waals surface area (Å²) in [7, 11) is 0. The van der Waals surface area contributed by atoms with Crippen LogP contribution < -0.4 is 0 Å². The number of nitrogens with zero attached hydrogens (tertiary/aromatic N) is 2. The summed E-state index contributed by atoms with van der Waals surface area (Å²) in [5, 5.41) is 8.07. The van der Waals surface area contributed by atoms with Gasteiger partial charge in [-0.2, -0.15) is 6.01 Å². The number of halogens is 1. The minimum absolute atomic E-state index is 0.350. The maximum atomic E-state index is 12.3. The van der Waals surface area contributed by atoms with Crippen molar-refractivity contribution < 1.29 is 4.39 Å². The van der Waals surface area contributed by atoms with E-state index in [1.807, 2.05) is 0 Å². The molecule has 2 nitrogen and oxygen atoms in total. The van der Waals surface area contributed by atoms with Crippen LogP contribution in [0, 0.1) is 5.82 Å². The lowest BCUT2D eigenvalue weighted by Gasteiger charge is -1.95. The topological polar surface area (TPSA) is 34.7 Å². The van der Waals surface area contributed by atoms with Crippen LogP contribution in [-0.2, 0) is 0 Å². The molecular formula is C7H4FN2-. The summed E-state index contributed by atoms with van der Waals surface area (Å²) in [5.74, 6) is -0.378. The molecule has 0 radical (unpaired) electrons. The summed E-state index contributed by atoms with van der Waals surface area (Å²) in [4.78, 5) is 3.33. The monoisotopic (exact) mass is 135 g/mol. The lowest BCUT2D eigenvalue weighted by molar-refractivity contribution is 0.628. The molecule has 10 heavy (non-hydrogen) atoms. The molecule has 0 N–H and O–H groups in total. The van der Waals surface area contributed by atoms with Gasteiger partial charge in [-0.15, -0.1) is 0 Å². The van der Waals surface area contributed by atoms with Crippen molar-refractivity contribution >= 4 is 11.7 Å². The molecule has 0 bridgehead atoms. The highest BCUT2D eigenvalue weighted by Crippen LogP contribution is 2.11. The smallest absolute Gasteiger partial charge is 0.123 e. The van der Waals surface area contributed by atoms with E-state index in [1.165, 1.54) is 18.2 Å². The van der Waals surface area contributed by atoms with Gasteiger partial charge in [0.25, 0.3) is 0 Å². The van der Waals surface area contributed by atoms with Gasteiger partial charge in [0, 0.05) is 0 Å². The molecule has 1 aromatic carbocycles. The third kappa shape index (κ3) is 1.50. The first-order valence-corrected chi connectivity index (χ1v) is 2.68. The van der Waals surface area contributed by atoms with Crippen LogP contribution in [0.15, 0.2) is 29.3 Å². The van der Waals surface area contributed by atoms with Crippen molar-refractivity contribution in [3.05, 3.63) is 35.5 Å². The Hall–Kier alpha value is -1.47. The third-order valence-corrected chi connectivity index (χ3v) is 0.987. The highest BCUT2D eigenvalue weighted by atomic mass is 19.1. The fourth-order valence-corrected chi connectivity index (χ4v) is 0.603. The Labute approximate surface area is 57.5 Å². The van der Waals surface area contributed by atoms with E-state index in [0.717, 1.165) is 0 Å². The zero-order chi connectivity index (χ0) is 7.40. The van der Waals surface area contributed by atoms with E-state index in [1.54, 1.807) is 12.1 Å². The number of rotatable bonds is 1. The molecule has 0 aliphatic rings. The molecule has 0 fully saturated rings. The summed E-state index contributed by atoms with van der Waals surface area (Å²) >= 11 is 0. The lowest BCUT2D eigenvalue weighted by atomic mass is 10.3. The summed E-state index contributed by atoms with van der Waals surface area (Å²) in [5.41, 5.74) is 0.350. The van der Waals surface area contributed by atoms with Crippen molar-refractivity contribution in [3.63, 3.8) is 0 Å². The van der Waals surface area contributed by atoms with E-state index in [9.17, 15) is 4.39 Å². The lowest BCUT2D eigenvalue weighted by Crippen LogP contribution is -1.69. The van der Waals surface area contributed by atoms with Crippen LogP contribution in [0.3, 0.4) is 0 Å². The zero-order valence-corrected chi connectivity index (χ0v) is 5.08. The van der Waals surface area contributed by atoms with Crippen LogP contribution in [0.1, 0.15) is 0 Å². The minimum atomic E-state index is -0.378. The van der Waals surface area contributed by atoms with E-state index >= 15 is 0 Å². The number of aliphatic imine (C=N–C) groups is 1. The van der Waals surface area contributed by atoms with Crippen LogP contribution in [0.2, 0.25) is 0 Å². The van der Waals surface area contributed by atoms with E-state index in [0.29, 0.717) is 5.69 Å². The Morgan fingerprint density at radius 1 is 1.50 bits per heavy atom. The molecule has 3 heteroatoms. The van der Waals surface area contributed by atoms with Crippen LogP contribution in [-0.4, -0.2) is 6.01 Å². The minimum Gasteiger partial charge on any atom is -0.422 e. The van der Waals surface area contributed by atoms with Gasteiger partial charge in [-0.1, -0.05) is 12.1 Å². The van der Waals surface area contributed by atoms with Gasteiger partial charge >= 0.3 is 0 Å². The standard InChI is InChI=1S/C7H4FN2/c8-6-2-1-3-7(4-6)10-5-9/h1-4H/q-1. The number of hydrogen-bond donors (Lipinski definition) is 0. The molecule has 0 atom stereocenters. The zero-order valence-electron chi connectivity index (χ0n) is 5.08. The summed E-state index contributed by atoms with van der Waals surface area (Å²) in [6.07, 6.45) is 0. The van der Waals surface area contributed by atoms with Crippen LogP contribution in [0.4, 0.5) is 10.1 Å².